The topological polar surface area (TPSA) is 71.1 Å². The van der Waals surface area contributed by atoms with Crippen LogP contribution in [-0.4, -0.2) is 39.2 Å². The second-order valence-electron chi connectivity index (χ2n) is 5.86. The standard InChI is InChI=1S/C21H20F2O6/c1-13-4-7-17(29-21(22)23)15(10-13)16(24)12-28-20(25)9-6-14-5-8-18(26-2)19(11-14)27-3/h4-11,21H,12H2,1-3H3/b9-6+. The minimum absolute atomic E-state index is 0.0815. The number of benzene rings is 2. The summed E-state index contributed by atoms with van der Waals surface area (Å²) in [6.07, 6.45) is 2.62. The van der Waals surface area contributed by atoms with Gasteiger partial charge in [-0.25, -0.2) is 4.79 Å². The SMILES string of the molecule is COc1ccc(/C=C/C(=O)OCC(=O)c2cc(C)ccc2OC(F)F)cc1OC. The summed E-state index contributed by atoms with van der Waals surface area (Å²) in [4.78, 5) is 24.2. The third kappa shape index (κ3) is 6.31. The minimum Gasteiger partial charge on any atom is -0.493 e. The maximum atomic E-state index is 12.5. The molecule has 6 nitrogen and oxygen atoms in total. The van der Waals surface area contributed by atoms with Gasteiger partial charge in [0.1, 0.15) is 5.75 Å². The Labute approximate surface area is 166 Å². The smallest absolute Gasteiger partial charge is 0.387 e. The highest BCUT2D eigenvalue weighted by atomic mass is 19.3. The first-order valence-corrected chi connectivity index (χ1v) is 8.49. The van der Waals surface area contributed by atoms with E-state index in [-0.39, 0.29) is 11.3 Å². The van der Waals surface area contributed by atoms with E-state index in [9.17, 15) is 18.4 Å². The molecule has 154 valence electrons. The van der Waals surface area contributed by atoms with E-state index in [1.807, 2.05) is 0 Å². The van der Waals surface area contributed by atoms with Gasteiger partial charge in [0, 0.05) is 6.08 Å². The molecule has 0 bridgehead atoms. The largest absolute Gasteiger partial charge is 0.493 e. The molecule has 0 atom stereocenters. The molecule has 0 aliphatic heterocycles. The number of ether oxygens (including phenoxy) is 4. The molecule has 0 amide bonds. The summed E-state index contributed by atoms with van der Waals surface area (Å²) in [6, 6.07) is 9.24. The number of rotatable bonds is 9. The number of methoxy groups -OCH3 is 2. The van der Waals surface area contributed by atoms with E-state index in [2.05, 4.69) is 4.74 Å². The Bertz CT molecular complexity index is 908. The number of hydrogen-bond acceptors (Lipinski definition) is 6. The lowest BCUT2D eigenvalue weighted by Crippen LogP contribution is -2.15. The molecule has 29 heavy (non-hydrogen) atoms. The molecule has 2 aromatic carbocycles. The van der Waals surface area contributed by atoms with E-state index in [4.69, 9.17) is 14.2 Å². The normalized spacial score (nSPS) is 10.8. The van der Waals surface area contributed by atoms with Gasteiger partial charge in [-0.05, 0) is 42.8 Å². The van der Waals surface area contributed by atoms with Crippen LogP contribution in [0.25, 0.3) is 6.08 Å². The Morgan fingerprint density at radius 1 is 1.00 bits per heavy atom. The van der Waals surface area contributed by atoms with Crippen LogP contribution in [0, 0.1) is 6.92 Å². The van der Waals surface area contributed by atoms with E-state index in [0.29, 0.717) is 22.6 Å². The molecule has 0 aliphatic carbocycles. The van der Waals surface area contributed by atoms with Gasteiger partial charge in [0.15, 0.2) is 18.1 Å². The summed E-state index contributed by atoms with van der Waals surface area (Å²) >= 11 is 0. The van der Waals surface area contributed by atoms with Crippen LogP contribution in [-0.2, 0) is 9.53 Å². The Morgan fingerprint density at radius 3 is 2.34 bits per heavy atom. The molecule has 8 heteroatoms. The molecular weight excluding hydrogens is 386 g/mol. The highest BCUT2D eigenvalue weighted by Gasteiger charge is 2.17. The molecule has 0 aromatic heterocycles. The van der Waals surface area contributed by atoms with Crippen molar-refractivity contribution in [1.29, 1.82) is 0 Å². The molecule has 0 saturated heterocycles. The Kier molecular flexibility index (Phi) is 7.70. The van der Waals surface area contributed by atoms with Crippen LogP contribution in [0.5, 0.6) is 17.2 Å². The van der Waals surface area contributed by atoms with Crippen molar-refractivity contribution in [3.05, 3.63) is 59.2 Å². The number of alkyl halides is 2. The molecule has 0 saturated carbocycles. The Morgan fingerprint density at radius 2 is 1.69 bits per heavy atom. The van der Waals surface area contributed by atoms with Gasteiger partial charge in [-0.2, -0.15) is 8.78 Å². The predicted molar refractivity (Wildman–Crippen MR) is 102 cm³/mol. The van der Waals surface area contributed by atoms with E-state index in [1.165, 1.54) is 38.5 Å². The summed E-state index contributed by atoms with van der Waals surface area (Å²) < 4.78 is 44.6. The second kappa shape index (κ2) is 10.2. The number of esters is 1. The molecule has 0 heterocycles. The van der Waals surface area contributed by atoms with Gasteiger partial charge in [0.25, 0.3) is 0 Å². The lowest BCUT2D eigenvalue weighted by molar-refractivity contribution is -0.136. The highest BCUT2D eigenvalue weighted by molar-refractivity contribution is 6.01. The van der Waals surface area contributed by atoms with Gasteiger partial charge in [-0.1, -0.05) is 17.7 Å². The van der Waals surface area contributed by atoms with Crippen molar-refractivity contribution >= 4 is 17.8 Å². The van der Waals surface area contributed by atoms with Crippen molar-refractivity contribution in [2.45, 2.75) is 13.5 Å². The van der Waals surface area contributed by atoms with E-state index in [1.54, 1.807) is 25.1 Å². The maximum Gasteiger partial charge on any atom is 0.387 e. The first-order chi connectivity index (χ1) is 13.8. The number of ketones is 1. The number of carbonyl (C=O) groups excluding carboxylic acids is 2. The third-order valence-corrected chi connectivity index (χ3v) is 3.82. The fraction of sp³-hybridized carbons (Fsp3) is 0.238. The molecule has 2 aromatic rings. The summed E-state index contributed by atoms with van der Waals surface area (Å²) in [7, 11) is 3.00. The summed E-state index contributed by atoms with van der Waals surface area (Å²) in [5.74, 6) is -0.663. The molecule has 2 rings (SSSR count). The van der Waals surface area contributed by atoms with Crippen LogP contribution in [0.3, 0.4) is 0 Å². The minimum atomic E-state index is -3.07. The molecule has 0 N–H and O–H groups in total. The van der Waals surface area contributed by atoms with Crippen molar-refractivity contribution in [2.75, 3.05) is 20.8 Å². The zero-order valence-electron chi connectivity index (χ0n) is 16.1. The van der Waals surface area contributed by atoms with Crippen molar-refractivity contribution in [2.24, 2.45) is 0 Å². The van der Waals surface area contributed by atoms with Crippen LogP contribution in [0.15, 0.2) is 42.5 Å². The fourth-order valence-corrected chi connectivity index (χ4v) is 2.44. The van der Waals surface area contributed by atoms with E-state index in [0.717, 1.165) is 6.08 Å². The van der Waals surface area contributed by atoms with Crippen LogP contribution < -0.4 is 14.2 Å². The van der Waals surface area contributed by atoms with Crippen molar-refractivity contribution < 1.29 is 37.3 Å². The molecule has 0 unspecified atom stereocenters. The number of Topliss-reactive ketones (excluding diaryl/α,β-unsaturated/α-hetero) is 1. The van der Waals surface area contributed by atoms with Gasteiger partial charge in [-0.3, -0.25) is 4.79 Å². The quantitative estimate of drug-likeness (QED) is 0.355. The van der Waals surface area contributed by atoms with Crippen LogP contribution in [0.4, 0.5) is 8.78 Å². The van der Waals surface area contributed by atoms with Gasteiger partial charge in [0.2, 0.25) is 5.78 Å². The first kappa shape index (κ1) is 21.9. The van der Waals surface area contributed by atoms with Gasteiger partial charge >= 0.3 is 12.6 Å². The lowest BCUT2D eigenvalue weighted by Gasteiger charge is -2.10. The summed E-state index contributed by atoms with van der Waals surface area (Å²) in [6.45, 7) is -1.99. The van der Waals surface area contributed by atoms with Gasteiger partial charge < -0.3 is 18.9 Å². The maximum absolute atomic E-state index is 12.5. The van der Waals surface area contributed by atoms with E-state index >= 15 is 0 Å². The molecular formula is C21H20F2O6. The highest BCUT2D eigenvalue weighted by Crippen LogP contribution is 2.28. The fourth-order valence-electron chi connectivity index (χ4n) is 2.44. The zero-order valence-corrected chi connectivity index (χ0v) is 16.1. The van der Waals surface area contributed by atoms with Crippen molar-refractivity contribution in [3.8, 4) is 17.2 Å². The number of carbonyl (C=O) groups is 2. The monoisotopic (exact) mass is 406 g/mol. The summed E-state index contributed by atoms with van der Waals surface area (Å²) in [5.41, 5.74) is 1.24. The number of halogens is 2. The number of aryl methyl sites for hydroxylation is 1. The van der Waals surface area contributed by atoms with E-state index < -0.39 is 25.0 Å². The van der Waals surface area contributed by atoms with Gasteiger partial charge in [-0.15, -0.1) is 0 Å². The van der Waals surface area contributed by atoms with Crippen LogP contribution in [0.2, 0.25) is 0 Å². The average molecular weight is 406 g/mol. The van der Waals surface area contributed by atoms with Crippen molar-refractivity contribution in [3.63, 3.8) is 0 Å². The molecule has 0 fully saturated rings. The molecule has 0 radical (unpaired) electrons. The Hall–Kier alpha value is -3.42. The predicted octanol–water partition coefficient (Wildman–Crippen LogP) is 4.05. The van der Waals surface area contributed by atoms with Crippen LogP contribution >= 0.6 is 0 Å². The number of hydrogen-bond donors (Lipinski definition) is 0. The Balaban J connectivity index is 2.01. The molecule has 0 aliphatic rings. The molecule has 0 spiro atoms. The third-order valence-electron chi connectivity index (χ3n) is 3.82. The van der Waals surface area contributed by atoms with Gasteiger partial charge in [0.05, 0.1) is 19.8 Å². The zero-order chi connectivity index (χ0) is 21.4. The summed E-state index contributed by atoms with van der Waals surface area (Å²) in [5, 5.41) is 0. The first-order valence-electron chi connectivity index (χ1n) is 8.49. The second-order valence-corrected chi connectivity index (χ2v) is 5.86. The average Bonchev–Trinajstić information content (AvgIpc) is 2.71. The lowest BCUT2D eigenvalue weighted by atomic mass is 10.1. The van der Waals surface area contributed by atoms with Crippen molar-refractivity contribution in [1.82, 2.24) is 0 Å². The van der Waals surface area contributed by atoms with Crippen LogP contribution in [0.1, 0.15) is 21.5 Å².